The Morgan fingerprint density at radius 3 is 2.76 bits per heavy atom. The van der Waals surface area contributed by atoms with E-state index in [1.165, 1.54) is 0 Å². The number of hydrogen-bond donors (Lipinski definition) is 0. The minimum absolute atomic E-state index is 0.0819. The molecule has 1 atom stereocenters. The summed E-state index contributed by atoms with van der Waals surface area (Å²) >= 11 is 6.30. The molecule has 0 radical (unpaired) electrons. The lowest BCUT2D eigenvalue weighted by Crippen LogP contribution is -2.06. The molecule has 0 aromatic rings. The van der Waals surface area contributed by atoms with Gasteiger partial charge in [0.05, 0.1) is 10.7 Å². The summed E-state index contributed by atoms with van der Waals surface area (Å²) in [5.74, 6) is 0.0819. The summed E-state index contributed by atoms with van der Waals surface area (Å²) in [6, 6.07) is 0. The minimum atomic E-state index is 0.0819. The maximum absolute atomic E-state index is 6.30. The molecule has 3 nitrogen and oxygen atoms in total. The molecule has 0 saturated heterocycles. The molecule has 0 aromatic heterocycles. The van der Waals surface area contributed by atoms with Crippen LogP contribution in [0.3, 0.4) is 0 Å². The van der Waals surface area contributed by atoms with Gasteiger partial charge in [-0.15, -0.1) is 0 Å². The zero-order chi connectivity index (χ0) is 12.8. The van der Waals surface area contributed by atoms with Crippen LogP contribution in [0.25, 0.3) is 0 Å². The Kier molecular flexibility index (Phi) is 5.04. The fourth-order valence-electron chi connectivity index (χ4n) is 1.63. The highest BCUT2D eigenvalue weighted by Gasteiger charge is 2.21. The maximum Gasteiger partial charge on any atom is 0.103 e. The third kappa shape index (κ3) is 3.24. The van der Waals surface area contributed by atoms with Gasteiger partial charge in [-0.25, -0.2) is 0 Å². The van der Waals surface area contributed by atoms with Gasteiger partial charge in [0, 0.05) is 17.8 Å². The number of allylic oxidation sites excluding steroid dienone is 4. The molecule has 0 amide bonds. The number of halogens is 1. The fourth-order valence-corrected chi connectivity index (χ4v) is 1.94. The molecular weight excluding hydrogens is 234 g/mol. The highest BCUT2D eigenvalue weighted by atomic mass is 35.5. The van der Waals surface area contributed by atoms with Gasteiger partial charge in [-0.3, -0.25) is 15.0 Å². The van der Waals surface area contributed by atoms with E-state index in [2.05, 4.69) is 28.4 Å². The third-order valence-electron chi connectivity index (χ3n) is 2.48. The van der Waals surface area contributed by atoms with E-state index < -0.39 is 0 Å². The van der Waals surface area contributed by atoms with Crippen LogP contribution in [0.2, 0.25) is 0 Å². The number of hydrogen-bond acceptors (Lipinski definition) is 3. The Morgan fingerprint density at radius 1 is 1.53 bits per heavy atom. The van der Waals surface area contributed by atoms with E-state index in [9.17, 15) is 0 Å². The van der Waals surface area contributed by atoms with E-state index >= 15 is 0 Å². The lowest BCUT2D eigenvalue weighted by Gasteiger charge is -2.19. The van der Waals surface area contributed by atoms with E-state index in [1.807, 2.05) is 26.0 Å². The zero-order valence-electron chi connectivity index (χ0n) is 10.2. The number of aliphatic imine (C=N–C) groups is 3. The van der Waals surface area contributed by atoms with Crippen LogP contribution in [0.5, 0.6) is 0 Å². The van der Waals surface area contributed by atoms with Crippen LogP contribution in [0.4, 0.5) is 0 Å². The molecule has 1 aliphatic carbocycles. The number of nitrogens with zero attached hydrogens (tertiary/aromatic N) is 3. The van der Waals surface area contributed by atoms with Crippen LogP contribution in [-0.2, 0) is 0 Å². The molecule has 90 valence electrons. The normalized spacial score (nSPS) is 21.7. The maximum atomic E-state index is 6.30. The van der Waals surface area contributed by atoms with Gasteiger partial charge < -0.3 is 0 Å². The van der Waals surface area contributed by atoms with Gasteiger partial charge in [0.2, 0.25) is 0 Å². The summed E-state index contributed by atoms with van der Waals surface area (Å²) < 4.78 is 0. The molecule has 0 fully saturated rings. The van der Waals surface area contributed by atoms with Crippen molar-refractivity contribution in [1.82, 2.24) is 0 Å². The van der Waals surface area contributed by atoms with Gasteiger partial charge in [-0.2, -0.15) is 0 Å². The van der Waals surface area contributed by atoms with Gasteiger partial charge in [0.15, 0.2) is 0 Å². The van der Waals surface area contributed by atoms with Gasteiger partial charge in [-0.05, 0) is 33.7 Å². The fraction of sp³-hybridized carbons (Fsp3) is 0.308. The topological polar surface area (TPSA) is 37.1 Å². The van der Waals surface area contributed by atoms with Gasteiger partial charge >= 0.3 is 0 Å². The first-order valence-electron chi connectivity index (χ1n) is 5.34. The summed E-state index contributed by atoms with van der Waals surface area (Å²) in [5.41, 5.74) is 2.28. The summed E-state index contributed by atoms with van der Waals surface area (Å²) in [4.78, 5) is 12.0. The molecule has 0 saturated carbocycles. The highest BCUT2D eigenvalue weighted by molar-refractivity contribution is 6.30. The van der Waals surface area contributed by atoms with Crippen LogP contribution in [0.1, 0.15) is 20.3 Å². The van der Waals surface area contributed by atoms with E-state index in [4.69, 9.17) is 11.6 Å². The standard InChI is InChI=1S/C13H16ClN3/c1-5-17-11-7-6-10(8-9(2)15-3)12(14)13(11)16-4/h5,7-8,10H,3-4,6H2,1-2H3/b9-8+,17-5?. The first kappa shape index (κ1) is 13.6. The predicted molar refractivity (Wildman–Crippen MR) is 76.1 cm³/mol. The van der Waals surface area contributed by atoms with Gasteiger partial charge in [-0.1, -0.05) is 23.8 Å². The molecule has 0 N–H and O–H groups in total. The molecule has 0 aromatic carbocycles. The van der Waals surface area contributed by atoms with Crippen LogP contribution in [0.15, 0.2) is 49.3 Å². The monoisotopic (exact) mass is 249 g/mol. The van der Waals surface area contributed by atoms with Crippen molar-refractivity contribution >= 4 is 31.3 Å². The molecule has 1 unspecified atom stereocenters. The smallest absolute Gasteiger partial charge is 0.103 e. The van der Waals surface area contributed by atoms with E-state index in [1.54, 1.807) is 6.21 Å². The average Bonchev–Trinajstić information content (AvgIpc) is 2.33. The lowest BCUT2D eigenvalue weighted by molar-refractivity contribution is 0.771. The van der Waals surface area contributed by atoms with E-state index in [0.717, 1.165) is 17.8 Å². The second-order valence-electron chi connectivity index (χ2n) is 3.64. The summed E-state index contributed by atoms with van der Waals surface area (Å²) in [6.45, 7) is 10.8. The quantitative estimate of drug-likeness (QED) is 0.681. The van der Waals surface area contributed by atoms with Crippen molar-refractivity contribution < 1.29 is 0 Å². The Morgan fingerprint density at radius 2 is 2.24 bits per heavy atom. The van der Waals surface area contributed by atoms with Gasteiger partial charge in [0.1, 0.15) is 5.70 Å². The first-order chi connectivity index (χ1) is 8.13. The van der Waals surface area contributed by atoms with E-state index in [0.29, 0.717) is 10.7 Å². The van der Waals surface area contributed by atoms with Crippen LogP contribution < -0.4 is 0 Å². The van der Waals surface area contributed by atoms with E-state index in [-0.39, 0.29) is 5.92 Å². The summed E-state index contributed by atoms with van der Waals surface area (Å²) in [5, 5.41) is 0.658. The van der Waals surface area contributed by atoms with Gasteiger partial charge in [0.25, 0.3) is 0 Å². The minimum Gasteiger partial charge on any atom is -0.270 e. The van der Waals surface area contributed by atoms with Crippen LogP contribution in [0, 0.1) is 5.92 Å². The van der Waals surface area contributed by atoms with Crippen molar-refractivity contribution in [3.8, 4) is 0 Å². The third-order valence-corrected chi connectivity index (χ3v) is 2.94. The molecule has 1 aliphatic rings. The second kappa shape index (κ2) is 6.30. The molecule has 17 heavy (non-hydrogen) atoms. The Labute approximate surface area is 107 Å². The highest BCUT2D eigenvalue weighted by Crippen LogP contribution is 2.35. The van der Waals surface area contributed by atoms with Crippen molar-refractivity contribution in [2.75, 3.05) is 0 Å². The first-order valence-corrected chi connectivity index (χ1v) is 5.72. The SMILES string of the molecule is C=NC1=C(Cl)C(/C=C(\C)N=C)CC=C1N=CC. The Balaban J connectivity index is 3.10. The largest absolute Gasteiger partial charge is 0.270 e. The van der Waals surface area contributed by atoms with Crippen molar-refractivity contribution in [2.24, 2.45) is 20.9 Å². The summed E-state index contributed by atoms with van der Waals surface area (Å²) in [7, 11) is 0. The Hall–Kier alpha value is -1.48. The van der Waals surface area contributed by atoms with Crippen LogP contribution >= 0.6 is 11.6 Å². The molecule has 0 spiro atoms. The molecule has 0 bridgehead atoms. The van der Waals surface area contributed by atoms with Crippen molar-refractivity contribution in [1.29, 1.82) is 0 Å². The van der Waals surface area contributed by atoms with Crippen molar-refractivity contribution in [3.63, 3.8) is 0 Å². The molecular formula is C13H16ClN3. The number of rotatable bonds is 4. The second-order valence-corrected chi connectivity index (χ2v) is 4.05. The van der Waals surface area contributed by atoms with Crippen molar-refractivity contribution in [3.05, 3.63) is 34.3 Å². The Bertz CT molecular complexity index is 442. The molecule has 0 aliphatic heterocycles. The molecule has 1 rings (SSSR count). The lowest BCUT2D eigenvalue weighted by atomic mass is 9.96. The average molecular weight is 250 g/mol. The molecule has 4 heteroatoms. The molecule has 0 heterocycles. The van der Waals surface area contributed by atoms with Crippen molar-refractivity contribution in [2.45, 2.75) is 20.3 Å². The van der Waals surface area contributed by atoms with Crippen LogP contribution in [-0.4, -0.2) is 19.6 Å². The summed E-state index contributed by atoms with van der Waals surface area (Å²) in [6.07, 6.45) is 6.49. The zero-order valence-corrected chi connectivity index (χ0v) is 10.9. The predicted octanol–water partition coefficient (Wildman–Crippen LogP) is 3.74.